The number of para-hydroxylation sites is 1. The zero-order valence-corrected chi connectivity index (χ0v) is 8.54. The molecule has 1 unspecified atom stereocenters. The van der Waals surface area contributed by atoms with Crippen LogP contribution in [0.2, 0.25) is 0 Å². The lowest BCUT2D eigenvalue weighted by Gasteiger charge is -2.16. The third kappa shape index (κ3) is 2.36. The topological polar surface area (TPSA) is 44.5 Å². The van der Waals surface area contributed by atoms with Crippen molar-refractivity contribution in [2.24, 2.45) is 5.73 Å². The van der Waals surface area contributed by atoms with E-state index in [9.17, 15) is 8.78 Å². The molecule has 0 aliphatic rings. The van der Waals surface area contributed by atoms with Gasteiger partial charge in [-0.3, -0.25) is 0 Å². The Morgan fingerprint density at radius 2 is 1.87 bits per heavy atom. The minimum Gasteiger partial charge on any atom is -0.493 e. The maximum absolute atomic E-state index is 12.4. The average molecular weight is 217 g/mol. The zero-order chi connectivity index (χ0) is 11.4. The lowest BCUT2D eigenvalue weighted by Crippen LogP contribution is -2.19. The fraction of sp³-hybridized carbons (Fsp3) is 0.400. The second-order valence-corrected chi connectivity index (χ2v) is 2.94. The number of benzene rings is 1. The maximum Gasteiger partial charge on any atom is 0.257 e. The van der Waals surface area contributed by atoms with Crippen molar-refractivity contribution in [1.29, 1.82) is 0 Å². The average Bonchev–Trinajstić information content (AvgIpc) is 2.26. The highest BCUT2D eigenvalue weighted by molar-refractivity contribution is 5.48. The third-order valence-electron chi connectivity index (χ3n) is 2.06. The fourth-order valence-corrected chi connectivity index (χ4v) is 1.31. The minimum atomic E-state index is -2.63. The second-order valence-electron chi connectivity index (χ2n) is 2.94. The van der Waals surface area contributed by atoms with Crippen LogP contribution in [0.3, 0.4) is 0 Å². The SMILES string of the molecule is COc1cccc(C(N)C(F)F)c1OC. The summed E-state index contributed by atoms with van der Waals surface area (Å²) in [5.74, 6) is 0.652. The number of halogens is 2. The van der Waals surface area contributed by atoms with Crippen molar-refractivity contribution >= 4 is 0 Å². The highest BCUT2D eigenvalue weighted by atomic mass is 19.3. The van der Waals surface area contributed by atoms with E-state index >= 15 is 0 Å². The molecule has 0 saturated heterocycles. The van der Waals surface area contributed by atoms with Crippen LogP contribution in [0.25, 0.3) is 0 Å². The van der Waals surface area contributed by atoms with Gasteiger partial charge in [0.25, 0.3) is 6.43 Å². The van der Waals surface area contributed by atoms with Crippen molar-refractivity contribution in [3.63, 3.8) is 0 Å². The van der Waals surface area contributed by atoms with E-state index in [1.54, 1.807) is 12.1 Å². The molecule has 0 heterocycles. The predicted octanol–water partition coefficient (Wildman–Crippen LogP) is 1.97. The van der Waals surface area contributed by atoms with Gasteiger partial charge in [0.2, 0.25) is 0 Å². The summed E-state index contributed by atoms with van der Waals surface area (Å²) in [4.78, 5) is 0. The van der Waals surface area contributed by atoms with Gasteiger partial charge in [0.05, 0.1) is 20.3 Å². The van der Waals surface area contributed by atoms with E-state index < -0.39 is 12.5 Å². The van der Waals surface area contributed by atoms with Crippen LogP contribution in [0.1, 0.15) is 11.6 Å². The Labute approximate surface area is 86.8 Å². The van der Waals surface area contributed by atoms with Crippen molar-refractivity contribution in [2.45, 2.75) is 12.5 Å². The Morgan fingerprint density at radius 1 is 1.20 bits per heavy atom. The van der Waals surface area contributed by atoms with Crippen LogP contribution < -0.4 is 15.2 Å². The first-order valence-corrected chi connectivity index (χ1v) is 4.36. The minimum absolute atomic E-state index is 0.242. The van der Waals surface area contributed by atoms with Crippen molar-refractivity contribution in [3.8, 4) is 11.5 Å². The number of nitrogens with two attached hydrogens (primary N) is 1. The Balaban J connectivity index is 3.16. The summed E-state index contributed by atoms with van der Waals surface area (Å²) in [5.41, 5.74) is 5.59. The van der Waals surface area contributed by atoms with Crippen LogP contribution in [0.4, 0.5) is 8.78 Å². The number of hydrogen-bond acceptors (Lipinski definition) is 3. The van der Waals surface area contributed by atoms with Crippen LogP contribution in [-0.4, -0.2) is 20.6 Å². The standard InChI is InChI=1S/C10H13F2NO2/c1-14-7-5-3-4-6(9(7)15-2)8(13)10(11)12/h3-5,8,10H,13H2,1-2H3. The number of ether oxygens (including phenoxy) is 2. The summed E-state index contributed by atoms with van der Waals surface area (Å²) >= 11 is 0. The first-order valence-electron chi connectivity index (χ1n) is 4.36. The molecule has 1 aromatic carbocycles. The van der Waals surface area contributed by atoms with Gasteiger partial charge in [0.15, 0.2) is 11.5 Å². The molecule has 0 bridgehead atoms. The lowest BCUT2D eigenvalue weighted by molar-refractivity contribution is 0.115. The van der Waals surface area contributed by atoms with Gasteiger partial charge in [0, 0.05) is 5.56 Å². The quantitative estimate of drug-likeness (QED) is 0.838. The molecule has 2 N–H and O–H groups in total. The van der Waals surface area contributed by atoms with Crippen molar-refractivity contribution < 1.29 is 18.3 Å². The Morgan fingerprint density at radius 3 is 2.33 bits per heavy atom. The van der Waals surface area contributed by atoms with Crippen molar-refractivity contribution in [1.82, 2.24) is 0 Å². The van der Waals surface area contributed by atoms with Crippen molar-refractivity contribution in [2.75, 3.05) is 14.2 Å². The van der Waals surface area contributed by atoms with E-state index in [0.717, 1.165) is 0 Å². The predicted molar refractivity (Wildman–Crippen MR) is 52.5 cm³/mol. The third-order valence-corrected chi connectivity index (χ3v) is 2.06. The molecule has 3 nitrogen and oxygen atoms in total. The number of rotatable bonds is 4. The van der Waals surface area contributed by atoms with Gasteiger partial charge < -0.3 is 15.2 Å². The molecular weight excluding hydrogens is 204 g/mol. The maximum atomic E-state index is 12.4. The summed E-state index contributed by atoms with van der Waals surface area (Å²) in [6.07, 6.45) is -2.63. The Bertz CT molecular complexity index is 331. The number of methoxy groups -OCH3 is 2. The van der Waals surface area contributed by atoms with Gasteiger partial charge in [-0.2, -0.15) is 0 Å². The van der Waals surface area contributed by atoms with E-state index in [0.29, 0.717) is 5.75 Å². The molecule has 0 aliphatic carbocycles. The lowest BCUT2D eigenvalue weighted by atomic mass is 10.1. The van der Waals surface area contributed by atoms with Gasteiger partial charge in [-0.25, -0.2) is 8.78 Å². The van der Waals surface area contributed by atoms with Crippen molar-refractivity contribution in [3.05, 3.63) is 23.8 Å². The summed E-state index contributed by atoms with van der Waals surface area (Å²) in [6.45, 7) is 0. The van der Waals surface area contributed by atoms with Crippen LogP contribution in [-0.2, 0) is 0 Å². The first-order chi connectivity index (χ1) is 7.11. The monoisotopic (exact) mass is 217 g/mol. The molecule has 0 spiro atoms. The summed E-state index contributed by atoms with van der Waals surface area (Å²) in [7, 11) is 2.83. The van der Waals surface area contributed by atoms with Crippen LogP contribution in [0.15, 0.2) is 18.2 Å². The summed E-state index contributed by atoms with van der Waals surface area (Å²) in [5, 5.41) is 0. The molecule has 84 valence electrons. The van der Waals surface area contributed by atoms with Gasteiger partial charge >= 0.3 is 0 Å². The van der Waals surface area contributed by atoms with Gasteiger partial charge in [-0.05, 0) is 6.07 Å². The Hall–Kier alpha value is -1.36. The summed E-state index contributed by atoms with van der Waals surface area (Å²) < 4.78 is 34.9. The molecule has 0 saturated carbocycles. The van der Waals surface area contributed by atoms with Gasteiger partial charge in [-0.15, -0.1) is 0 Å². The molecule has 1 aromatic rings. The van der Waals surface area contributed by atoms with E-state index in [4.69, 9.17) is 15.2 Å². The molecule has 0 fully saturated rings. The van der Waals surface area contributed by atoms with Crippen LogP contribution in [0, 0.1) is 0 Å². The van der Waals surface area contributed by atoms with E-state index in [2.05, 4.69) is 0 Å². The van der Waals surface area contributed by atoms with Crippen LogP contribution >= 0.6 is 0 Å². The molecule has 0 amide bonds. The normalized spacial score (nSPS) is 12.7. The summed E-state index contributed by atoms with van der Waals surface area (Å²) in [6, 6.07) is 3.35. The second kappa shape index (κ2) is 4.93. The number of alkyl halides is 2. The molecular formula is C10H13F2NO2. The highest BCUT2D eigenvalue weighted by Crippen LogP contribution is 2.35. The zero-order valence-electron chi connectivity index (χ0n) is 8.54. The molecule has 0 aromatic heterocycles. The smallest absolute Gasteiger partial charge is 0.257 e. The fourth-order valence-electron chi connectivity index (χ4n) is 1.31. The Kier molecular flexibility index (Phi) is 3.85. The van der Waals surface area contributed by atoms with Gasteiger partial charge in [-0.1, -0.05) is 12.1 Å². The highest BCUT2D eigenvalue weighted by Gasteiger charge is 2.23. The molecule has 0 radical (unpaired) electrons. The van der Waals surface area contributed by atoms with E-state index in [-0.39, 0.29) is 11.3 Å². The molecule has 1 atom stereocenters. The van der Waals surface area contributed by atoms with E-state index in [1.807, 2.05) is 0 Å². The van der Waals surface area contributed by atoms with E-state index in [1.165, 1.54) is 20.3 Å². The van der Waals surface area contributed by atoms with Gasteiger partial charge in [0.1, 0.15) is 0 Å². The molecule has 15 heavy (non-hydrogen) atoms. The molecule has 5 heteroatoms. The first kappa shape index (κ1) is 11.7. The molecule has 1 rings (SSSR count). The largest absolute Gasteiger partial charge is 0.493 e. The molecule has 0 aliphatic heterocycles. The van der Waals surface area contributed by atoms with Crippen LogP contribution in [0.5, 0.6) is 11.5 Å². The number of hydrogen-bond donors (Lipinski definition) is 1.